The molecule has 5 aromatic carbocycles. The third-order valence-electron chi connectivity index (χ3n) is 7.64. The van der Waals surface area contributed by atoms with Crippen molar-refractivity contribution < 1.29 is 9.15 Å². The normalized spacial score (nSPS) is 13.5. The first-order valence-corrected chi connectivity index (χ1v) is 11.7. The first kappa shape index (κ1) is 17.1. The molecular weight excluding hydrogens is 417 g/mol. The number of hydrogen-bond donors (Lipinski definition) is 0. The Balaban J connectivity index is 1.57. The summed E-state index contributed by atoms with van der Waals surface area (Å²) in [6.45, 7) is 0.0327. The summed E-state index contributed by atoms with van der Waals surface area (Å²) in [6.07, 6.45) is 0. The maximum Gasteiger partial charge on any atom is 0.336 e. The van der Waals surface area contributed by atoms with Crippen LogP contribution in [0.2, 0.25) is 0 Å². The molecule has 7 aromatic rings. The summed E-state index contributed by atoms with van der Waals surface area (Å²) in [7, 11) is 0. The predicted octanol–water partition coefficient (Wildman–Crippen LogP) is 6.43. The summed E-state index contributed by atoms with van der Waals surface area (Å²) in [5.74, 6) is 1.83. The third kappa shape index (κ3) is 1.85. The summed E-state index contributed by atoms with van der Waals surface area (Å²) in [5.41, 5.74) is 9.13. The highest BCUT2D eigenvalue weighted by Gasteiger charge is 2.42. The summed E-state index contributed by atoms with van der Waals surface area (Å²) in [4.78, 5) is 0. The Hall–Kier alpha value is -4.44. The Labute approximate surface area is 194 Å². The van der Waals surface area contributed by atoms with E-state index in [4.69, 9.17) is 9.15 Å². The van der Waals surface area contributed by atoms with E-state index in [1.165, 1.54) is 43.9 Å². The van der Waals surface area contributed by atoms with Gasteiger partial charge in [0.15, 0.2) is 0 Å². The Kier molecular flexibility index (Phi) is 2.88. The van der Waals surface area contributed by atoms with Gasteiger partial charge in [-0.25, -0.2) is 0 Å². The van der Waals surface area contributed by atoms with Crippen LogP contribution in [0.5, 0.6) is 11.5 Å². The van der Waals surface area contributed by atoms with E-state index in [2.05, 4.69) is 89.4 Å². The fraction of sp³-hybridized carbons (Fsp3) is 0. The van der Waals surface area contributed by atoms with Gasteiger partial charge >= 0.3 is 6.85 Å². The van der Waals surface area contributed by atoms with Gasteiger partial charge in [-0.15, -0.1) is 0 Å². The number of ether oxygens (including phenoxy) is 1. The van der Waals surface area contributed by atoms with Gasteiger partial charge in [-0.3, -0.25) is 0 Å². The molecule has 0 aliphatic carbocycles. The molecule has 3 nitrogen and oxygen atoms in total. The van der Waals surface area contributed by atoms with Crippen molar-refractivity contribution in [3.8, 4) is 22.6 Å². The van der Waals surface area contributed by atoms with E-state index in [0.717, 1.165) is 33.4 Å². The molecule has 0 unspecified atom stereocenters. The number of nitrogens with zero attached hydrogens (tertiary/aromatic N) is 1. The smallest absolute Gasteiger partial charge is 0.336 e. The summed E-state index contributed by atoms with van der Waals surface area (Å²) in [5, 5.41) is 4.72. The van der Waals surface area contributed by atoms with E-state index in [0.29, 0.717) is 0 Å². The summed E-state index contributed by atoms with van der Waals surface area (Å²) >= 11 is 0. The molecule has 0 spiro atoms. The van der Waals surface area contributed by atoms with Crippen molar-refractivity contribution in [1.82, 2.24) is 4.48 Å². The molecule has 34 heavy (non-hydrogen) atoms. The van der Waals surface area contributed by atoms with E-state index >= 15 is 0 Å². The van der Waals surface area contributed by atoms with E-state index in [-0.39, 0.29) is 6.85 Å². The minimum absolute atomic E-state index is 0.0327. The number of para-hydroxylation sites is 4. The molecule has 2 aromatic heterocycles. The van der Waals surface area contributed by atoms with Crippen LogP contribution in [0.4, 0.5) is 0 Å². The van der Waals surface area contributed by atoms with Gasteiger partial charge < -0.3 is 13.6 Å². The molecule has 4 heteroatoms. The molecule has 0 amide bonds. The van der Waals surface area contributed by atoms with Crippen LogP contribution in [0, 0.1) is 0 Å². The van der Waals surface area contributed by atoms with Gasteiger partial charge in [-0.05, 0) is 35.3 Å². The van der Waals surface area contributed by atoms with Crippen molar-refractivity contribution in [3.05, 3.63) is 97.1 Å². The van der Waals surface area contributed by atoms with Crippen molar-refractivity contribution in [2.24, 2.45) is 0 Å². The number of hydrogen-bond acceptors (Lipinski definition) is 2. The molecule has 2 aliphatic rings. The zero-order valence-electron chi connectivity index (χ0n) is 18.1. The second kappa shape index (κ2) is 5.73. The summed E-state index contributed by atoms with van der Waals surface area (Å²) < 4.78 is 15.6. The van der Waals surface area contributed by atoms with Crippen molar-refractivity contribution in [3.63, 3.8) is 0 Å². The van der Waals surface area contributed by atoms with E-state index in [9.17, 15) is 0 Å². The van der Waals surface area contributed by atoms with Crippen LogP contribution in [-0.2, 0) is 0 Å². The van der Waals surface area contributed by atoms with Gasteiger partial charge in [0.2, 0.25) is 0 Å². The fourth-order valence-corrected chi connectivity index (χ4v) is 6.34. The zero-order chi connectivity index (χ0) is 22.0. The van der Waals surface area contributed by atoms with Gasteiger partial charge in [0.1, 0.15) is 22.7 Å². The number of rotatable bonds is 0. The van der Waals surface area contributed by atoms with E-state index in [1.54, 1.807) is 0 Å². The number of furan rings is 1. The first-order valence-electron chi connectivity index (χ1n) is 11.7. The molecule has 9 rings (SSSR count). The van der Waals surface area contributed by atoms with E-state index < -0.39 is 0 Å². The molecule has 4 heterocycles. The minimum atomic E-state index is 0.0327. The average Bonchev–Trinajstić information content (AvgIpc) is 3.43. The lowest BCUT2D eigenvalue weighted by Crippen LogP contribution is -2.54. The largest absolute Gasteiger partial charge is 0.457 e. The second-order valence-corrected chi connectivity index (χ2v) is 9.27. The SMILES string of the molecule is c1ccc2c(c1)Oc1c3c(cc4oc5ccccc5c14)-c1cccc4c5ccccc5n(c14)B23. The standard InChI is InChI=1S/C30H16BNO2/c1-4-13-23-17(8-1)18-10-7-11-19-21-16-26-27(20-9-2-5-14-24(20)33-26)30-28(21)31(32(23)29(18)19)22-12-3-6-15-25(22)34-30/h1-16H. The Morgan fingerprint density at radius 3 is 2.41 bits per heavy atom. The first-order chi connectivity index (χ1) is 16.9. The number of benzene rings is 5. The van der Waals surface area contributed by atoms with E-state index in [1.807, 2.05) is 12.1 Å². The Bertz CT molecular complexity index is 2010. The average molecular weight is 433 g/mol. The lowest BCUT2D eigenvalue weighted by atomic mass is 9.46. The van der Waals surface area contributed by atoms with Crippen molar-refractivity contribution in [2.45, 2.75) is 0 Å². The van der Waals surface area contributed by atoms with Crippen molar-refractivity contribution in [2.75, 3.05) is 0 Å². The molecule has 0 fully saturated rings. The lowest BCUT2D eigenvalue weighted by molar-refractivity contribution is 0.492. The highest BCUT2D eigenvalue weighted by atomic mass is 16.5. The minimum Gasteiger partial charge on any atom is -0.457 e. The lowest BCUT2D eigenvalue weighted by Gasteiger charge is -2.33. The Morgan fingerprint density at radius 1 is 0.647 bits per heavy atom. The number of fused-ring (bicyclic) bond motifs is 11. The molecule has 0 radical (unpaired) electrons. The van der Waals surface area contributed by atoms with Crippen LogP contribution in [0.15, 0.2) is 101 Å². The molecule has 0 N–H and O–H groups in total. The molecule has 156 valence electrons. The number of aromatic nitrogens is 1. The predicted molar refractivity (Wildman–Crippen MR) is 139 cm³/mol. The quantitative estimate of drug-likeness (QED) is 0.258. The van der Waals surface area contributed by atoms with Gasteiger partial charge in [-0.1, -0.05) is 72.8 Å². The topological polar surface area (TPSA) is 27.3 Å². The Morgan fingerprint density at radius 2 is 1.44 bits per heavy atom. The van der Waals surface area contributed by atoms with Gasteiger partial charge in [-0.2, -0.15) is 0 Å². The highest BCUT2D eigenvalue weighted by molar-refractivity contribution is 6.89. The van der Waals surface area contributed by atoms with Crippen LogP contribution in [0.3, 0.4) is 0 Å². The molecule has 0 atom stereocenters. The zero-order valence-corrected chi connectivity index (χ0v) is 18.1. The monoisotopic (exact) mass is 433 g/mol. The molecule has 2 aliphatic heterocycles. The van der Waals surface area contributed by atoms with Gasteiger partial charge in [0.25, 0.3) is 0 Å². The van der Waals surface area contributed by atoms with Crippen LogP contribution >= 0.6 is 0 Å². The summed E-state index contributed by atoms with van der Waals surface area (Å²) in [6, 6.07) is 34.3. The maximum absolute atomic E-state index is 6.73. The molecule has 0 saturated carbocycles. The molecule has 0 saturated heterocycles. The van der Waals surface area contributed by atoms with Crippen LogP contribution in [-0.4, -0.2) is 11.3 Å². The van der Waals surface area contributed by atoms with Crippen LogP contribution in [0.25, 0.3) is 54.9 Å². The van der Waals surface area contributed by atoms with Crippen molar-refractivity contribution in [1.29, 1.82) is 0 Å². The van der Waals surface area contributed by atoms with Crippen molar-refractivity contribution >= 4 is 61.5 Å². The second-order valence-electron chi connectivity index (χ2n) is 9.27. The molecule has 0 bridgehead atoms. The fourth-order valence-electron chi connectivity index (χ4n) is 6.34. The van der Waals surface area contributed by atoms with Gasteiger partial charge in [0, 0.05) is 38.2 Å². The van der Waals surface area contributed by atoms with Crippen LogP contribution in [0.1, 0.15) is 0 Å². The van der Waals surface area contributed by atoms with Gasteiger partial charge in [0.05, 0.1) is 5.39 Å². The van der Waals surface area contributed by atoms with Crippen LogP contribution < -0.4 is 15.7 Å². The third-order valence-corrected chi connectivity index (χ3v) is 7.64. The highest BCUT2D eigenvalue weighted by Crippen LogP contribution is 2.46. The molecular formula is C30H16BNO2. The maximum atomic E-state index is 6.73.